The second kappa shape index (κ2) is 10.3. The Balaban J connectivity index is 0.00000288. The number of aromatic nitrogens is 1. The SMILES string of the molecule is [NH-]C(=O)c1ccc(CCS(=O)(=O)c2ccc(O)c([C-]=O)c2)nc1.[W].[Y]. The van der Waals surface area contributed by atoms with Gasteiger partial charge in [0.2, 0.25) is 0 Å². The van der Waals surface area contributed by atoms with Crippen LogP contribution in [0.25, 0.3) is 5.73 Å². The van der Waals surface area contributed by atoms with Crippen molar-refractivity contribution >= 4 is 22.0 Å². The molecule has 7 nitrogen and oxygen atoms in total. The Labute approximate surface area is 184 Å². The fourth-order valence-corrected chi connectivity index (χ4v) is 3.14. The number of pyridine rings is 1. The van der Waals surface area contributed by atoms with Gasteiger partial charge in [0.25, 0.3) is 0 Å². The maximum atomic E-state index is 12.2. The monoisotopic (exact) mass is 605 g/mol. The summed E-state index contributed by atoms with van der Waals surface area (Å²) in [5.41, 5.74) is 7.30. The van der Waals surface area contributed by atoms with Gasteiger partial charge in [0, 0.05) is 88.3 Å². The van der Waals surface area contributed by atoms with Crippen molar-refractivity contribution in [1.29, 1.82) is 0 Å². The molecule has 1 aromatic heterocycles. The standard InChI is InChI=1S/C15H13N2O5S.W.Y/c16-15(20)10-1-2-12(17-8-10)5-6-23(21,22)13-3-4-14(19)11(7-13)9-18;;/h1-4,7-8H,5-6H2,(H3,16,18,19,20);;/q-1;;/p-1. The average molecular weight is 605 g/mol. The molecule has 1 aromatic carbocycles. The third-order valence-corrected chi connectivity index (χ3v) is 4.86. The molecule has 0 saturated heterocycles. The van der Waals surface area contributed by atoms with Crippen molar-refractivity contribution in [2.45, 2.75) is 11.3 Å². The topological polar surface area (TPSA) is 125 Å². The number of hydrogen-bond acceptors (Lipinski definition) is 6. The Hall–Kier alpha value is -0.948. The number of carbonyl (C=O) groups excluding carboxylic acids is 2. The molecule has 25 heavy (non-hydrogen) atoms. The molecule has 2 rings (SSSR count). The van der Waals surface area contributed by atoms with Gasteiger partial charge in [-0.3, -0.25) is 4.98 Å². The second-order valence-electron chi connectivity index (χ2n) is 4.72. The summed E-state index contributed by atoms with van der Waals surface area (Å²) < 4.78 is 24.5. The molecule has 129 valence electrons. The van der Waals surface area contributed by atoms with Crippen molar-refractivity contribution in [1.82, 2.24) is 4.98 Å². The van der Waals surface area contributed by atoms with Crippen molar-refractivity contribution < 1.29 is 76.9 Å². The molecule has 0 saturated carbocycles. The summed E-state index contributed by atoms with van der Waals surface area (Å²) in [5.74, 6) is -1.45. The number of sulfone groups is 1. The van der Waals surface area contributed by atoms with Crippen LogP contribution >= 0.6 is 0 Å². The number of aromatic hydroxyl groups is 1. The molecule has 0 atom stereocenters. The van der Waals surface area contributed by atoms with E-state index in [1.54, 1.807) is 0 Å². The molecule has 0 aliphatic heterocycles. The minimum atomic E-state index is -3.67. The van der Waals surface area contributed by atoms with E-state index < -0.39 is 15.7 Å². The number of nitrogens with zero attached hydrogens (tertiary/aromatic N) is 1. The molecule has 0 fully saturated rings. The number of rotatable bonds is 6. The minimum Gasteiger partial charge on any atom is -0.664 e. The number of hydrogen-bond donors (Lipinski definition) is 1. The average Bonchev–Trinajstić information content (AvgIpc) is 2.53. The summed E-state index contributed by atoms with van der Waals surface area (Å²) in [7, 11) is -3.67. The van der Waals surface area contributed by atoms with Crippen LogP contribution < -0.4 is 0 Å². The predicted octanol–water partition coefficient (Wildman–Crippen LogP) is 1.45. The van der Waals surface area contributed by atoms with E-state index >= 15 is 0 Å². The summed E-state index contributed by atoms with van der Waals surface area (Å²) >= 11 is 0. The van der Waals surface area contributed by atoms with Crippen LogP contribution in [0.15, 0.2) is 41.4 Å². The van der Waals surface area contributed by atoms with E-state index in [2.05, 4.69) is 4.98 Å². The van der Waals surface area contributed by atoms with Crippen LogP contribution in [0.4, 0.5) is 0 Å². The smallest absolute Gasteiger partial charge is 0.167 e. The predicted molar refractivity (Wildman–Crippen MR) is 81.5 cm³/mol. The first-order valence-electron chi connectivity index (χ1n) is 6.48. The first-order valence-corrected chi connectivity index (χ1v) is 8.13. The minimum absolute atomic E-state index is 0. The fraction of sp³-hybridized carbons (Fsp3) is 0.133. The fourth-order valence-electron chi connectivity index (χ4n) is 1.85. The summed E-state index contributed by atoms with van der Waals surface area (Å²) in [6, 6.07) is 6.29. The van der Waals surface area contributed by atoms with E-state index in [0.29, 0.717) is 5.69 Å². The largest absolute Gasteiger partial charge is 0.664 e. The van der Waals surface area contributed by atoms with E-state index in [9.17, 15) is 23.1 Å². The van der Waals surface area contributed by atoms with Crippen LogP contribution in [0.5, 0.6) is 5.75 Å². The van der Waals surface area contributed by atoms with Gasteiger partial charge in [-0.15, -0.1) is 11.6 Å². The molecule has 10 heteroatoms. The number of nitrogens with one attached hydrogen (secondary N) is 1. The number of aryl methyl sites for hydroxylation is 1. The van der Waals surface area contributed by atoms with E-state index in [-0.39, 0.29) is 87.7 Å². The Morgan fingerprint density at radius 2 is 1.92 bits per heavy atom. The first kappa shape index (κ1) is 24.1. The van der Waals surface area contributed by atoms with Crippen LogP contribution in [0.3, 0.4) is 0 Å². The van der Waals surface area contributed by atoms with Gasteiger partial charge in [-0.1, -0.05) is 12.1 Å². The summed E-state index contributed by atoms with van der Waals surface area (Å²) in [5, 5.41) is 9.37. The summed E-state index contributed by atoms with van der Waals surface area (Å²) in [6.07, 6.45) is 2.80. The molecule has 0 spiro atoms. The van der Waals surface area contributed by atoms with Crippen molar-refractivity contribution in [3.63, 3.8) is 0 Å². The van der Waals surface area contributed by atoms with E-state index in [1.165, 1.54) is 30.7 Å². The van der Waals surface area contributed by atoms with Gasteiger partial charge in [0.05, 0.1) is 17.9 Å². The van der Waals surface area contributed by atoms with Crippen LogP contribution in [-0.4, -0.2) is 36.5 Å². The van der Waals surface area contributed by atoms with Crippen LogP contribution in [0.1, 0.15) is 21.6 Å². The molecule has 0 aliphatic rings. The maximum absolute atomic E-state index is 12.2. The third-order valence-electron chi connectivity index (χ3n) is 3.15. The van der Waals surface area contributed by atoms with Gasteiger partial charge in [-0.2, -0.15) is 0 Å². The number of benzene rings is 1. The number of amides is 1. The summed E-state index contributed by atoms with van der Waals surface area (Å²) in [4.78, 5) is 25.3. The van der Waals surface area contributed by atoms with Crippen LogP contribution in [0, 0.1) is 0 Å². The Kier molecular flexibility index (Phi) is 9.87. The Morgan fingerprint density at radius 3 is 2.44 bits per heavy atom. The van der Waals surface area contributed by atoms with Crippen molar-refractivity contribution in [3.8, 4) is 5.75 Å². The first-order chi connectivity index (χ1) is 10.8. The van der Waals surface area contributed by atoms with E-state index in [4.69, 9.17) is 5.73 Å². The summed E-state index contributed by atoms with van der Waals surface area (Å²) in [6.45, 7) is 0. The van der Waals surface area contributed by atoms with Gasteiger partial charge < -0.3 is 20.4 Å². The van der Waals surface area contributed by atoms with Crippen molar-refractivity contribution in [2.75, 3.05) is 5.75 Å². The zero-order chi connectivity index (χ0) is 17.0. The molecular formula is C15H12N2O5SWY-2. The van der Waals surface area contributed by atoms with Crippen LogP contribution in [0.2, 0.25) is 0 Å². The van der Waals surface area contributed by atoms with Gasteiger partial charge in [-0.05, 0) is 12.1 Å². The van der Waals surface area contributed by atoms with Gasteiger partial charge >= 0.3 is 0 Å². The molecule has 0 aliphatic carbocycles. The van der Waals surface area contributed by atoms with E-state index in [1.807, 2.05) is 0 Å². The number of carbonyl (C=O) groups is 1. The normalized spacial score (nSPS) is 10.2. The zero-order valence-electron chi connectivity index (χ0n) is 12.8. The molecule has 1 radical (unpaired) electrons. The molecular weight excluding hydrogens is 593 g/mol. The van der Waals surface area contributed by atoms with Gasteiger partial charge in [0.15, 0.2) is 9.84 Å². The third kappa shape index (κ3) is 6.37. The van der Waals surface area contributed by atoms with Crippen molar-refractivity contribution in [2.24, 2.45) is 0 Å². The Bertz CT molecular complexity index is 857. The molecule has 0 unspecified atom stereocenters. The van der Waals surface area contributed by atoms with Crippen LogP contribution in [-0.2, 0) is 74.8 Å². The maximum Gasteiger partial charge on any atom is 0.167 e. The Morgan fingerprint density at radius 1 is 1.24 bits per heavy atom. The van der Waals surface area contributed by atoms with E-state index in [0.717, 1.165) is 12.1 Å². The van der Waals surface area contributed by atoms with Gasteiger partial charge in [-0.25, -0.2) is 8.42 Å². The molecule has 0 bridgehead atoms. The van der Waals surface area contributed by atoms with Crippen molar-refractivity contribution in [3.05, 3.63) is 59.1 Å². The number of phenolic OH excluding ortho intramolecular Hbond substituents is 1. The second-order valence-corrected chi connectivity index (χ2v) is 6.83. The molecule has 1 amide bonds. The molecule has 2 N–H and O–H groups in total. The molecule has 1 heterocycles. The molecule has 2 aromatic rings. The number of phenols is 1. The quantitative estimate of drug-likeness (QED) is 0.498. The zero-order valence-corrected chi connectivity index (χ0v) is 19.4. The van der Waals surface area contributed by atoms with Gasteiger partial charge in [0.1, 0.15) is 0 Å².